The summed E-state index contributed by atoms with van der Waals surface area (Å²) in [5.41, 5.74) is -0.346. The van der Waals surface area contributed by atoms with E-state index >= 15 is 0 Å². The zero-order valence-electron chi connectivity index (χ0n) is 20.8. The van der Waals surface area contributed by atoms with Gasteiger partial charge in [-0.3, -0.25) is 4.79 Å². The van der Waals surface area contributed by atoms with Crippen molar-refractivity contribution >= 4 is 17.1 Å². The molecule has 0 aliphatic carbocycles. The highest BCUT2D eigenvalue weighted by Crippen LogP contribution is 2.32. The quantitative estimate of drug-likeness (QED) is 0.282. The Balaban J connectivity index is 1.80. The zero-order valence-corrected chi connectivity index (χ0v) is 20.8. The standard InChI is InChI=1S/C28H26F3N3O3/c1-27(2,3)17-37-23-13-12-18(14-24(23)36-4)16-32-34-25(19-8-7-9-20(15-19)28(29,30)31)33-22-11-6-5-10-21(22)26(34)35/h5-16H,17H2,1-4H3. The molecule has 0 saturated carbocycles. The molecule has 0 atom stereocenters. The maximum atomic E-state index is 13.4. The lowest BCUT2D eigenvalue weighted by Crippen LogP contribution is -2.20. The first-order valence-corrected chi connectivity index (χ1v) is 11.5. The maximum absolute atomic E-state index is 13.4. The van der Waals surface area contributed by atoms with Crippen molar-refractivity contribution in [3.63, 3.8) is 0 Å². The smallest absolute Gasteiger partial charge is 0.416 e. The van der Waals surface area contributed by atoms with Gasteiger partial charge in [0.25, 0.3) is 5.56 Å². The summed E-state index contributed by atoms with van der Waals surface area (Å²) in [7, 11) is 1.52. The first kappa shape index (κ1) is 25.9. The third-order valence-electron chi connectivity index (χ3n) is 5.37. The monoisotopic (exact) mass is 509 g/mol. The number of halogens is 3. The van der Waals surface area contributed by atoms with Crippen LogP contribution in [0.25, 0.3) is 22.3 Å². The SMILES string of the molecule is COc1cc(C=Nn2c(-c3cccc(C(F)(F)F)c3)nc3ccccc3c2=O)ccc1OCC(C)(C)C. The first-order valence-electron chi connectivity index (χ1n) is 11.5. The number of alkyl halides is 3. The number of rotatable bonds is 6. The minimum atomic E-state index is -4.55. The number of aromatic nitrogens is 2. The second kappa shape index (κ2) is 10.1. The second-order valence-corrected chi connectivity index (χ2v) is 9.65. The Morgan fingerprint density at radius 2 is 1.73 bits per heavy atom. The van der Waals surface area contributed by atoms with E-state index in [4.69, 9.17) is 9.47 Å². The lowest BCUT2D eigenvalue weighted by atomic mass is 9.99. The van der Waals surface area contributed by atoms with Crippen molar-refractivity contribution < 1.29 is 22.6 Å². The van der Waals surface area contributed by atoms with Gasteiger partial charge in [0.05, 0.1) is 36.4 Å². The van der Waals surface area contributed by atoms with Crippen LogP contribution in [0.4, 0.5) is 13.2 Å². The minimum Gasteiger partial charge on any atom is -0.493 e. The van der Waals surface area contributed by atoms with Gasteiger partial charge in [0.2, 0.25) is 0 Å². The summed E-state index contributed by atoms with van der Waals surface area (Å²) < 4.78 is 52.4. The molecule has 0 aliphatic heterocycles. The molecule has 0 saturated heterocycles. The zero-order chi connectivity index (χ0) is 26.8. The van der Waals surface area contributed by atoms with E-state index in [1.54, 1.807) is 42.5 Å². The lowest BCUT2D eigenvalue weighted by Gasteiger charge is -2.20. The van der Waals surface area contributed by atoms with Crippen LogP contribution < -0.4 is 15.0 Å². The van der Waals surface area contributed by atoms with Crippen LogP contribution in [0.3, 0.4) is 0 Å². The fraction of sp³-hybridized carbons (Fsp3) is 0.250. The van der Waals surface area contributed by atoms with Gasteiger partial charge in [0.15, 0.2) is 17.3 Å². The van der Waals surface area contributed by atoms with Crippen LogP contribution in [0.2, 0.25) is 0 Å². The molecule has 4 rings (SSSR count). The lowest BCUT2D eigenvalue weighted by molar-refractivity contribution is -0.137. The van der Waals surface area contributed by atoms with Gasteiger partial charge in [0.1, 0.15) is 0 Å². The molecule has 0 spiro atoms. The normalized spacial score (nSPS) is 12.3. The largest absolute Gasteiger partial charge is 0.493 e. The van der Waals surface area contributed by atoms with Gasteiger partial charge >= 0.3 is 6.18 Å². The Labute approximate surface area is 212 Å². The Hall–Kier alpha value is -4.14. The molecule has 0 bridgehead atoms. The number of para-hydroxylation sites is 1. The highest BCUT2D eigenvalue weighted by Gasteiger charge is 2.31. The van der Waals surface area contributed by atoms with Crippen LogP contribution in [0.5, 0.6) is 11.5 Å². The average Bonchev–Trinajstić information content (AvgIpc) is 2.86. The Morgan fingerprint density at radius 3 is 2.43 bits per heavy atom. The van der Waals surface area contributed by atoms with E-state index in [1.165, 1.54) is 25.5 Å². The molecule has 0 fully saturated rings. The molecule has 37 heavy (non-hydrogen) atoms. The van der Waals surface area contributed by atoms with Gasteiger partial charge in [-0.15, -0.1) is 0 Å². The molecule has 192 valence electrons. The molecule has 0 radical (unpaired) electrons. The summed E-state index contributed by atoms with van der Waals surface area (Å²) in [5.74, 6) is 1.03. The number of fused-ring (bicyclic) bond motifs is 1. The van der Waals surface area contributed by atoms with Crippen LogP contribution >= 0.6 is 0 Å². The van der Waals surface area contributed by atoms with Crippen LogP contribution in [0.1, 0.15) is 31.9 Å². The molecule has 9 heteroatoms. The highest BCUT2D eigenvalue weighted by molar-refractivity contribution is 5.82. The minimum absolute atomic E-state index is 0.0110. The highest BCUT2D eigenvalue weighted by atomic mass is 19.4. The third-order valence-corrected chi connectivity index (χ3v) is 5.37. The van der Waals surface area contributed by atoms with E-state index in [1.807, 2.05) is 0 Å². The summed E-state index contributed by atoms with van der Waals surface area (Å²) >= 11 is 0. The van der Waals surface area contributed by atoms with Gasteiger partial charge in [-0.1, -0.05) is 45.0 Å². The number of methoxy groups -OCH3 is 1. The fourth-order valence-corrected chi connectivity index (χ4v) is 3.55. The van der Waals surface area contributed by atoms with Crippen molar-refractivity contribution in [2.45, 2.75) is 26.9 Å². The van der Waals surface area contributed by atoms with Crippen molar-refractivity contribution in [2.75, 3.05) is 13.7 Å². The number of hydrogen-bond donors (Lipinski definition) is 0. The molecular formula is C28H26F3N3O3. The summed E-state index contributed by atoms with van der Waals surface area (Å²) in [6, 6.07) is 16.4. The Kier molecular flexibility index (Phi) is 7.07. The molecule has 6 nitrogen and oxygen atoms in total. The van der Waals surface area contributed by atoms with Crippen LogP contribution in [-0.4, -0.2) is 29.6 Å². The summed E-state index contributed by atoms with van der Waals surface area (Å²) in [4.78, 5) is 17.8. The number of nitrogens with zero attached hydrogens (tertiary/aromatic N) is 3. The molecule has 1 aromatic heterocycles. The van der Waals surface area contributed by atoms with Gasteiger partial charge in [-0.25, -0.2) is 4.98 Å². The summed E-state index contributed by atoms with van der Waals surface area (Å²) in [5, 5.41) is 4.61. The molecule has 1 heterocycles. The molecule has 3 aromatic carbocycles. The van der Waals surface area contributed by atoms with Crippen molar-refractivity contribution in [1.82, 2.24) is 9.66 Å². The van der Waals surface area contributed by atoms with Crippen molar-refractivity contribution in [3.8, 4) is 22.9 Å². The van der Waals surface area contributed by atoms with E-state index in [-0.39, 0.29) is 16.8 Å². The number of hydrogen-bond acceptors (Lipinski definition) is 5. The van der Waals surface area contributed by atoms with Crippen LogP contribution in [-0.2, 0) is 6.18 Å². The summed E-state index contributed by atoms with van der Waals surface area (Å²) in [6.07, 6.45) is -3.13. The van der Waals surface area contributed by atoms with Crippen molar-refractivity contribution in [1.29, 1.82) is 0 Å². The van der Waals surface area contributed by atoms with E-state index in [0.29, 0.717) is 34.6 Å². The van der Waals surface area contributed by atoms with Gasteiger partial charge in [-0.05, 0) is 53.4 Å². The Morgan fingerprint density at radius 1 is 0.973 bits per heavy atom. The van der Waals surface area contributed by atoms with Crippen LogP contribution in [0.15, 0.2) is 76.6 Å². The van der Waals surface area contributed by atoms with Crippen molar-refractivity contribution in [2.24, 2.45) is 10.5 Å². The molecular weight excluding hydrogens is 483 g/mol. The molecule has 0 N–H and O–H groups in total. The summed E-state index contributed by atoms with van der Waals surface area (Å²) in [6.45, 7) is 6.64. The predicted molar refractivity (Wildman–Crippen MR) is 137 cm³/mol. The van der Waals surface area contributed by atoms with Gasteiger partial charge < -0.3 is 9.47 Å². The fourth-order valence-electron chi connectivity index (χ4n) is 3.55. The topological polar surface area (TPSA) is 65.7 Å². The average molecular weight is 510 g/mol. The number of ether oxygens (including phenoxy) is 2. The Bertz CT molecular complexity index is 1520. The predicted octanol–water partition coefficient (Wildman–Crippen LogP) is 6.40. The van der Waals surface area contributed by atoms with Crippen molar-refractivity contribution in [3.05, 3.63) is 88.2 Å². The molecule has 0 amide bonds. The number of benzene rings is 3. The van der Waals surface area contributed by atoms with Gasteiger partial charge in [-0.2, -0.15) is 22.9 Å². The molecule has 0 aliphatic rings. The van der Waals surface area contributed by atoms with E-state index < -0.39 is 17.3 Å². The molecule has 4 aromatic rings. The first-order chi connectivity index (χ1) is 17.5. The van der Waals surface area contributed by atoms with Crippen LogP contribution in [0, 0.1) is 5.41 Å². The third kappa shape index (κ3) is 5.99. The van der Waals surface area contributed by atoms with E-state index in [0.717, 1.165) is 16.8 Å². The van der Waals surface area contributed by atoms with E-state index in [2.05, 4.69) is 30.9 Å². The molecule has 0 unspecified atom stereocenters. The van der Waals surface area contributed by atoms with Gasteiger partial charge in [0, 0.05) is 5.56 Å². The maximum Gasteiger partial charge on any atom is 0.416 e. The second-order valence-electron chi connectivity index (χ2n) is 9.65. The van der Waals surface area contributed by atoms with E-state index in [9.17, 15) is 18.0 Å².